The van der Waals surface area contributed by atoms with E-state index in [1.807, 2.05) is 0 Å². The number of halogens is 2. The number of carbonyl (C=O) groups is 3. The zero-order valence-corrected chi connectivity index (χ0v) is 20.6. The molecule has 36 heavy (non-hydrogen) atoms. The Morgan fingerprint density at radius 2 is 1.94 bits per heavy atom. The molecule has 5 rings (SSSR count). The van der Waals surface area contributed by atoms with Gasteiger partial charge in [-0.1, -0.05) is 19.9 Å². The highest BCUT2D eigenvalue weighted by Crippen LogP contribution is 2.71. The van der Waals surface area contributed by atoms with Gasteiger partial charge in [-0.2, -0.15) is 0 Å². The molecule has 4 aliphatic rings. The van der Waals surface area contributed by atoms with Gasteiger partial charge in [-0.3, -0.25) is 4.79 Å². The molecule has 0 aromatic carbocycles. The number of allylic oxidation sites excluding steroid dienone is 4. The van der Waals surface area contributed by atoms with E-state index in [1.54, 1.807) is 13.8 Å². The average molecular weight is 505 g/mol. The number of methoxy groups -OCH3 is 1. The van der Waals surface area contributed by atoms with Crippen LogP contribution in [-0.2, 0) is 19.1 Å². The van der Waals surface area contributed by atoms with Crippen molar-refractivity contribution in [1.82, 2.24) is 0 Å². The summed E-state index contributed by atoms with van der Waals surface area (Å²) in [7, 11) is 1.17. The van der Waals surface area contributed by atoms with Crippen molar-refractivity contribution >= 4 is 17.7 Å². The lowest BCUT2D eigenvalue weighted by Gasteiger charge is -2.63. The first-order valence-electron chi connectivity index (χ1n) is 12.2. The summed E-state index contributed by atoms with van der Waals surface area (Å²) in [6.07, 6.45) is 1.47. The van der Waals surface area contributed by atoms with E-state index >= 15 is 8.78 Å². The third-order valence-corrected chi connectivity index (χ3v) is 9.63. The number of rotatable bonds is 3. The van der Waals surface area contributed by atoms with Crippen molar-refractivity contribution in [3.63, 3.8) is 0 Å². The van der Waals surface area contributed by atoms with E-state index in [0.717, 1.165) is 6.08 Å². The summed E-state index contributed by atoms with van der Waals surface area (Å²) >= 11 is 0. The Hall–Kier alpha value is -2.81. The summed E-state index contributed by atoms with van der Waals surface area (Å²) in [5, 5.41) is 11.5. The molecule has 1 aromatic rings. The summed E-state index contributed by atoms with van der Waals surface area (Å²) in [5.41, 5.74) is -6.97. The van der Waals surface area contributed by atoms with Gasteiger partial charge in [0, 0.05) is 22.7 Å². The van der Waals surface area contributed by atoms with Crippen LogP contribution < -0.4 is 0 Å². The molecule has 0 spiro atoms. The fourth-order valence-corrected chi connectivity index (χ4v) is 7.96. The smallest absolute Gasteiger partial charge is 0.375 e. The van der Waals surface area contributed by atoms with Crippen molar-refractivity contribution in [2.75, 3.05) is 7.11 Å². The highest BCUT2D eigenvalue weighted by atomic mass is 19.1. The van der Waals surface area contributed by atoms with Crippen LogP contribution in [0.1, 0.15) is 50.6 Å². The van der Waals surface area contributed by atoms with Gasteiger partial charge in [0.05, 0.1) is 19.5 Å². The molecular weight excluding hydrogens is 474 g/mol. The Labute approximate surface area is 207 Å². The molecule has 0 saturated heterocycles. The molecule has 9 heteroatoms. The van der Waals surface area contributed by atoms with E-state index in [1.165, 1.54) is 44.6 Å². The van der Waals surface area contributed by atoms with E-state index < -0.39 is 69.9 Å². The Balaban J connectivity index is 1.64. The highest BCUT2D eigenvalue weighted by molar-refractivity contribution is 6.01. The van der Waals surface area contributed by atoms with Gasteiger partial charge < -0.3 is 19.0 Å². The number of aliphatic hydroxyl groups is 1. The minimum Gasteiger partial charge on any atom is -0.466 e. The second kappa shape index (κ2) is 7.84. The standard InChI is InChI=1S/C27H30F2O7/c1-14-10-16-17-12-19(28)18-11-15(30)7-8-24(18,2)26(17,29)21(31)13-25(16,3)27(14,23(33)34-4)36-22(32)20-6-5-9-35-20/h5-9,11,14,16-17,19,21,31H,10,12-13H2,1-4H3/t14-,16?,17?,19+,21+,24+,25+,26+,27+/m1/s1. The summed E-state index contributed by atoms with van der Waals surface area (Å²) in [5.74, 6) is -4.52. The molecule has 3 fully saturated rings. The van der Waals surface area contributed by atoms with Crippen molar-refractivity contribution in [1.29, 1.82) is 0 Å². The topological polar surface area (TPSA) is 103 Å². The van der Waals surface area contributed by atoms with Crippen LogP contribution in [0.15, 0.2) is 46.6 Å². The summed E-state index contributed by atoms with van der Waals surface area (Å²) in [6.45, 7) is 4.90. The van der Waals surface area contributed by atoms with Crippen LogP contribution in [-0.4, -0.2) is 53.5 Å². The van der Waals surface area contributed by atoms with Gasteiger partial charge in [0.2, 0.25) is 11.4 Å². The molecule has 7 nitrogen and oxygen atoms in total. The van der Waals surface area contributed by atoms with Gasteiger partial charge in [0.25, 0.3) is 0 Å². The maximum absolute atomic E-state index is 17.3. The van der Waals surface area contributed by atoms with E-state index in [9.17, 15) is 19.5 Å². The molecule has 3 saturated carbocycles. The third kappa shape index (κ3) is 2.83. The van der Waals surface area contributed by atoms with Crippen LogP contribution >= 0.6 is 0 Å². The van der Waals surface area contributed by atoms with Crippen LogP contribution in [0.5, 0.6) is 0 Å². The molecule has 2 unspecified atom stereocenters. The van der Waals surface area contributed by atoms with E-state index in [2.05, 4.69) is 0 Å². The second-order valence-electron chi connectivity index (χ2n) is 11.1. The molecule has 194 valence electrons. The van der Waals surface area contributed by atoms with Gasteiger partial charge in [-0.15, -0.1) is 0 Å². The first-order valence-corrected chi connectivity index (χ1v) is 12.2. The van der Waals surface area contributed by atoms with E-state index in [-0.39, 0.29) is 30.6 Å². The molecule has 0 amide bonds. The monoisotopic (exact) mass is 504 g/mol. The number of ketones is 1. The fraction of sp³-hybridized carbons (Fsp3) is 0.593. The van der Waals surface area contributed by atoms with Gasteiger partial charge in [0.15, 0.2) is 11.5 Å². The molecule has 0 bridgehead atoms. The minimum atomic E-state index is -2.31. The van der Waals surface area contributed by atoms with Crippen molar-refractivity contribution in [2.24, 2.45) is 28.6 Å². The predicted molar refractivity (Wildman–Crippen MR) is 122 cm³/mol. The predicted octanol–water partition coefficient (Wildman–Crippen LogP) is 3.91. The van der Waals surface area contributed by atoms with Crippen LogP contribution in [0, 0.1) is 28.6 Å². The number of furan rings is 1. The lowest BCUT2D eigenvalue weighted by atomic mass is 9.44. The lowest BCUT2D eigenvalue weighted by Crippen LogP contribution is -2.71. The molecule has 0 aliphatic heterocycles. The number of ether oxygens (including phenoxy) is 2. The number of hydrogen-bond donors (Lipinski definition) is 1. The summed E-state index contributed by atoms with van der Waals surface area (Å²) in [6, 6.07) is 2.90. The lowest BCUT2D eigenvalue weighted by molar-refractivity contribution is -0.230. The molecular formula is C27H30F2O7. The SMILES string of the molecule is COC(=O)[C@@]1(OC(=O)c2ccco2)[C@H](C)CC2C3C[C@H](F)C4=CC(=O)C=C[C@]4(C)[C@@]3(F)[C@@H](O)C[C@@]21C. The number of carbonyl (C=O) groups excluding carboxylic acids is 3. The van der Waals surface area contributed by atoms with Gasteiger partial charge in [-0.05, 0) is 62.0 Å². The van der Waals surface area contributed by atoms with Crippen molar-refractivity contribution in [3.8, 4) is 0 Å². The summed E-state index contributed by atoms with van der Waals surface area (Å²) in [4.78, 5) is 38.4. The Bertz CT molecular complexity index is 1170. The van der Waals surface area contributed by atoms with Crippen LogP contribution in [0.4, 0.5) is 8.78 Å². The largest absolute Gasteiger partial charge is 0.466 e. The van der Waals surface area contributed by atoms with E-state index in [0.29, 0.717) is 0 Å². The Morgan fingerprint density at radius 3 is 2.58 bits per heavy atom. The molecule has 0 radical (unpaired) electrons. The number of fused-ring (bicyclic) bond motifs is 5. The third-order valence-electron chi connectivity index (χ3n) is 9.63. The summed E-state index contributed by atoms with van der Waals surface area (Å²) < 4.78 is 49.1. The van der Waals surface area contributed by atoms with Gasteiger partial charge >= 0.3 is 11.9 Å². The van der Waals surface area contributed by atoms with Crippen molar-refractivity contribution < 1.29 is 42.2 Å². The van der Waals surface area contributed by atoms with Gasteiger partial charge in [-0.25, -0.2) is 18.4 Å². The van der Waals surface area contributed by atoms with Gasteiger partial charge in [0.1, 0.15) is 6.17 Å². The number of alkyl halides is 2. The van der Waals surface area contributed by atoms with Crippen LogP contribution in [0.2, 0.25) is 0 Å². The normalized spacial score (nSPS) is 45.2. The fourth-order valence-electron chi connectivity index (χ4n) is 7.96. The molecule has 4 aliphatic carbocycles. The van der Waals surface area contributed by atoms with E-state index in [4.69, 9.17) is 13.9 Å². The van der Waals surface area contributed by atoms with Crippen LogP contribution in [0.3, 0.4) is 0 Å². The first kappa shape index (κ1) is 24.9. The maximum atomic E-state index is 17.3. The first-order chi connectivity index (χ1) is 16.9. The zero-order valence-electron chi connectivity index (χ0n) is 20.6. The molecule has 1 heterocycles. The van der Waals surface area contributed by atoms with Crippen molar-refractivity contribution in [2.45, 2.75) is 63.6 Å². The quantitative estimate of drug-likeness (QED) is 0.623. The second-order valence-corrected chi connectivity index (χ2v) is 11.1. The Morgan fingerprint density at radius 1 is 1.22 bits per heavy atom. The highest BCUT2D eigenvalue weighted by Gasteiger charge is 2.78. The van der Waals surface area contributed by atoms with Crippen molar-refractivity contribution in [3.05, 3.63) is 48.0 Å². The number of hydrogen-bond acceptors (Lipinski definition) is 7. The molecule has 1 aromatic heterocycles. The average Bonchev–Trinajstić information content (AvgIpc) is 3.44. The molecule has 1 N–H and O–H groups in total. The number of esters is 2. The molecule has 9 atom stereocenters. The maximum Gasteiger partial charge on any atom is 0.375 e. The Kier molecular flexibility index (Phi) is 5.42. The number of aliphatic hydroxyl groups excluding tert-OH is 1. The zero-order chi connectivity index (χ0) is 26.3. The minimum absolute atomic E-state index is 0.0194. The van der Waals surface area contributed by atoms with Crippen LogP contribution in [0.25, 0.3) is 0 Å².